The second-order valence-electron chi connectivity index (χ2n) is 6.69. The molecule has 0 aliphatic heterocycles. The molecule has 0 spiro atoms. The van der Waals surface area contributed by atoms with E-state index in [1.54, 1.807) is 17.0 Å². The summed E-state index contributed by atoms with van der Waals surface area (Å²) in [5, 5.41) is 4.27. The van der Waals surface area contributed by atoms with Gasteiger partial charge in [0, 0.05) is 25.7 Å². The summed E-state index contributed by atoms with van der Waals surface area (Å²) in [6.45, 7) is 5.64. The van der Waals surface area contributed by atoms with Gasteiger partial charge >= 0.3 is 0 Å². The average molecular weight is 373 g/mol. The van der Waals surface area contributed by atoms with E-state index in [1.165, 1.54) is 28.9 Å². The Labute approximate surface area is 159 Å². The third kappa shape index (κ3) is 6.31. The zero-order valence-corrected chi connectivity index (χ0v) is 16.2. The molecule has 0 N–H and O–H groups in total. The van der Waals surface area contributed by atoms with Crippen LogP contribution in [-0.4, -0.2) is 27.1 Å². The summed E-state index contributed by atoms with van der Waals surface area (Å²) < 4.78 is 14.5. The van der Waals surface area contributed by atoms with Crippen molar-refractivity contribution >= 4 is 5.91 Å². The number of aryl methyl sites for hydroxylation is 1. The average Bonchev–Trinajstić information content (AvgIpc) is 2.68. The normalized spacial score (nSPS) is 10.8. The molecule has 1 amide bonds. The van der Waals surface area contributed by atoms with Crippen LogP contribution in [-0.2, 0) is 13.1 Å². The van der Waals surface area contributed by atoms with E-state index < -0.39 is 0 Å². The minimum absolute atomic E-state index is 0.198. The summed E-state index contributed by atoms with van der Waals surface area (Å²) in [5.41, 5.74) is 0.931. The molecule has 0 saturated carbocycles. The van der Waals surface area contributed by atoms with Gasteiger partial charge in [-0.05, 0) is 36.6 Å². The highest BCUT2D eigenvalue weighted by Gasteiger charge is 2.18. The topological polar surface area (TPSA) is 55.2 Å². The number of unbranched alkanes of at least 4 members (excludes halogenated alkanes) is 3. The minimum atomic E-state index is -0.299. The maximum Gasteiger partial charge on any atom is 0.274 e. The fraction of sp³-hybridized carbons (Fsp3) is 0.476. The number of hydrogen-bond acceptors (Lipinski definition) is 3. The van der Waals surface area contributed by atoms with E-state index in [-0.39, 0.29) is 23.0 Å². The van der Waals surface area contributed by atoms with Gasteiger partial charge in [-0.3, -0.25) is 9.59 Å². The van der Waals surface area contributed by atoms with E-state index in [0.29, 0.717) is 19.6 Å². The van der Waals surface area contributed by atoms with Crippen molar-refractivity contribution in [2.75, 3.05) is 6.54 Å². The molecular formula is C21H28FN3O2. The Kier molecular flexibility index (Phi) is 8.17. The maximum absolute atomic E-state index is 13.2. The second kappa shape index (κ2) is 10.6. The van der Waals surface area contributed by atoms with Crippen molar-refractivity contribution in [2.45, 2.75) is 59.0 Å². The van der Waals surface area contributed by atoms with Crippen LogP contribution in [0.25, 0.3) is 0 Å². The lowest BCUT2D eigenvalue weighted by atomic mass is 10.1. The van der Waals surface area contributed by atoms with Crippen LogP contribution in [0.2, 0.25) is 0 Å². The Balaban J connectivity index is 2.21. The van der Waals surface area contributed by atoms with Gasteiger partial charge in [0.25, 0.3) is 11.5 Å². The predicted octanol–water partition coefficient (Wildman–Crippen LogP) is 4.02. The van der Waals surface area contributed by atoms with Crippen LogP contribution >= 0.6 is 0 Å². The second-order valence-corrected chi connectivity index (χ2v) is 6.69. The van der Waals surface area contributed by atoms with Crippen LogP contribution in [0.3, 0.4) is 0 Å². The Morgan fingerprint density at radius 2 is 1.74 bits per heavy atom. The molecule has 2 rings (SSSR count). The molecule has 5 nitrogen and oxygen atoms in total. The van der Waals surface area contributed by atoms with Gasteiger partial charge in [0.2, 0.25) is 0 Å². The minimum Gasteiger partial charge on any atom is -0.333 e. The molecule has 0 saturated heterocycles. The molecule has 2 aromatic rings. The van der Waals surface area contributed by atoms with Gasteiger partial charge in [-0.25, -0.2) is 9.07 Å². The van der Waals surface area contributed by atoms with Crippen LogP contribution in [0.1, 0.15) is 62.0 Å². The quantitative estimate of drug-likeness (QED) is 0.591. The van der Waals surface area contributed by atoms with Gasteiger partial charge in [-0.15, -0.1) is 0 Å². The number of carbonyl (C=O) groups excluding carboxylic acids is 1. The molecule has 0 atom stereocenters. The zero-order valence-electron chi connectivity index (χ0n) is 16.2. The van der Waals surface area contributed by atoms with Crippen molar-refractivity contribution < 1.29 is 9.18 Å². The molecule has 1 aromatic heterocycles. The van der Waals surface area contributed by atoms with Crippen LogP contribution in [0, 0.1) is 5.82 Å². The van der Waals surface area contributed by atoms with E-state index in [1.807, 2.05) is 6.92 Å². The van der Waals surface area contributed by atoms with Crippen molar-refractivity contribution in [1.29, 1.82) is 0 Å². The predicted molar refractivity (Wildman–Crippen MR) is 104 cm³/mol. The lowest BCUT2D eigenvalue weighted by Gasteiger charge is -2.23. The molecule has 1 aromatic carbocycles. The standard InChI is InChI=1S/C21H28FN3O2/c1-3-5-7-14-24(16-17-8-10-18(22)11-9-17)21(27)19-12-13-20(26)25(23-19)15-6-4-2/h8-13H,3-7,14-16H2,1-2H3. The van der Waals surface area contributed by atoms with E-state index in [0.717, 1.165) is 37.7 Å². The third-order valence-electron chi connectivity index (χ3n) is 4.41. The number of nitrogens with zero attached hydrogens (tertiary/aromatic N) is 3. The molecule has 27 heavy (non-hydrogen) atoms. The molecule has 146 valence electrons. The van der Waals surface area contributed by atoms with E-state index in [9.17, 15) is 14.0 Å². The number of amides is 1. The highest BCUT2D eigenvalue weighted by Crippen LogP contribution is 2.11. The monoisotopic (exact) mass is 373 g/mol. The fourth-order valence-electron chi connectivity index (χ4n) is 2.81. The van der Waals surface area contributed by atoms with Crippen LogP contribution in [0.4, 0.5) is 4.39 Å². The molecule has 6 heteroatoms. The van der Waals surface area contributed by atoms with Crippen LogP contribution in [0.5, 0.6) is 0 Å². The first-order valence-corrected chi connectivity index (χ1v) is 9.67. The molecule has 0 unspecified atom stereocenters. The number of carbonyl (C=O) groups is 1. The molecule has 0 aliphatic rings. The van der Waals surface area contributed by atoms with Gasteiger partial charge in [0.15, 0.2) is 0 Å². The number of aromatic nitrogens is 2. The molecule has 0 radical (unpaired) electrons. The Hall–Kier alpha value is -2.50. The van der Waals surface area contributed by atoms with Crippen molar-refractivity contribution in [3.8, 4) is 0 Å². The molecule has 0 fully saturated rings. The van der Waals surface area contributed by atoms with Crippen molar-refractivity contribution in [3.63, 3.8) is 0 Å². The summed E-state index contributed by atoms with van der Waals surface area (Å²) >= 11 is 0. The summed E-state index contributed by atoms with van der Waals surface area (Å²) in [7, 11) is 0. The first-order valence-electron chi connectivity index (χ1n) is 9.67. The summed E-state index contributed by atoms with van der Waals surface area (Å²) in [5.74, 6) is -0.507. The third-order valence-corrected chi connectivity index (χ3v) is 4.41. The number of benzene rings is 1. The Morgan fingerprint density at radius 1 is 1.04 bits per heavy atom. The largest absolute Gasteiger partial charge is 0.333 e. The van der Waals surface area contributed by atoms with Gasteiger partial charge < -0.3 is 4.90 Å². The highest BCUT2D eigenvalue weighted by molar-refractivity contribution is 5.92. The van der Waals surface area contributed by atoms with Crippen molar-refractivity contribution in [1.82, 2.24) is 14.7 Å². The smallest absolute Gasteiger partial charge is 0.274 e. The van der Waals surface area contributed by atoms with Crippen LogP contribution < -0.4 is 5.56 Å². The molecular weight excluding hydrogens is 345 g/mol. The Bertz CT molecular complexity index is 787. The SMILES string of the molecule is CCCCCN(Cc1ccc(F)cc1)C(=O)c1ccc(=O)n(CCCC)n1. The number of rotatable bonds is 10. The molecule has 0 aliphatic carbocycles. The molecule has 1 heterocycles. The first kappa shape index (κ1) is 20.8. The summed E-state index contributed by atoms with van der Waals surface area (Å²) in [6.07, 6.45) is 4.74. The van der Waals surface area contributed by atoms with E-state index >= 15 is 0 Å². The van der Waals surface area contributed by atoms with E-state index in [4.69, 9.17) is 0 Å². The first-order chi connectivity index (χ1) is 13.0. The molecule has 0 bridgehead atoms. The van der Waals surface area contributed by atoms with E-state index in [2.05, 4.69) is 12.0 Å². The van der Waals surface area contributed by atoms with Crippen molar-refractivity contribution in [2.24, 2.45) is 0 Å². The van der Waals surface area contributed by atoms with Gasteiger partial charge in [-0.1, -0.05) is 45.2 Å². The highest BCUT2D eigenvalue weighted by atomic mass is 19.1. The van der Waals surface area contributed by atoms with Gasteiger partial charge in [0.05, 0.1) is 0 Å². The van der Waals surface area contributed by atoms with Gasteiger partial charge in [0.1, 0.15) is 11.5 Å². The Morgan fingerprint density at radius 3 is 2.41 bits per heavy atom. The fourth-order valence-corrected chi connectivity index (χ4v) is 2.81. The lowest BCUT2D eigenvalue weighted by molar-refractivity contribution is 0.0731. The summed E-state index contributed by atoms with van der Waals surface area (Å²) in [6, 6.07) is 9.05. The lowest BCUT2D eigenvalue weighted by Crippen LogP contribution is -2.34. The zero-order chi connectivity index (χ0) is 19.6. The van der Waals surface area contributed by atoms with Crippen LogP contribution in [0.15, 0.2) is 41.2 Å². The van der Waals surface area contributed by atoms with Gasteiger partial charge in [-0.2, -0.15) is 5.10 Å². The maximum atomic E-state index is 13.2. The van der Waals surface area contributed by atoms with Crippen molar-refractivity contribution in [3.05, 3.63) is 63.8 Å². The number of halogens is 1. The summed E-state index contributed by atoms with van der Waals surface area (Å²) in [4.78, 5) is 26.7. The number of hydrogen-bond donors (Lipinski definition) is 0.